The molecule has 6 nitrogen and oxygen atoms in total. The average Bonchev–Trinajstić information content (AvgIpc) is 3.11. The zero-order chi connectivity index (χ0) is 16.8. The van der Waals surface area contributed by atoms with Crippen molar-refractivity contribution in [3.8, 4) is 0 Å². The standard InChI is InChI=1S/C18H25N5O/c1-15-4-2-7-20-17(15)21-18(24)16-5-11-22(12-6-16)9-3-10-23-13-8-19-14-23/h2,4,7-8,13-14,16H,3,5-6,9-12H2,1H3,(H,20,21,24). The van der Waals surface area contributed by atoms with Gasteiger partial charge in [-0.3, -0.25) is 4.79 Å². The third-order valence-electron chi connectivity index (χ3n) is 4.66. The van der Waals surface area contributed by atoms with Gasteiger partial charge in [0.25, 0.3) is 0 Å². The summed E-state index contributed by atoms with van der Waals surface area (Å²) in [6, 6.07) is 3.85. The maximum Gasteiger partial charge on any atom is 0.228 e. The lowest BCUT2D eigenvalue weighted by atomic mass is 9.95. The molecule has 0 bridgehead atoms. The minimum Gasteiger partial charge on any atom is -0.337 e. The van der Waals surface area contributed by atoms with Crippen molar-refractivity contribution in [3.05, 3.63) is 42.6 Å². The number of likely N-dealkylation sites (tertiary alicyclic amines) is 1. The number of carbonyl (C=O) groups excluding carboxylic acids is 1. The monoisotopic (exact) mass is 327 g/mol. The molecular weight excluding hydrogens is 302 g/mol. The molecule has 1 saturated heterocycles. The number of aryl methyl sites for hydroxylation is 2. The molecular formula is C18H25N5O. The molecule has 0 spiro atoms. The van der Waals surface area contributed by atoms with E-state index >= 15 is 0 Å². The van der Waals surface area contributed by atoms with Gasteiger partial charge in [0.05, 0.1) is 6.33 Å². The topological polar surface area (TPSA) is 63.1 Å². The van der Waals surface area contributed by atoms with Gasteiger partial charge in [-0.2, -0.15) is 0 Å². The van der Waals surface area contributed by atoms with Gasteiger partial charge >= 0.3 is 0 Å². The van der Waals surface area contributed by atoms with E-state index in [0.717, 1.165) is 51.0 Å². The van der Waals surface area contributed by atoms with Crippen LogP contribution in [0.4, 0.5) is 5.82 Å². The number of aromatic nitrogens is 3. The van der Waals surface area contributed by atoms with Crippen LogP contribution in [0.15, 0.2) is 37.1 Å². The SMILES string of the molecule is Cc1cccnc1NC(=O)C1CCN(CCCn2ccnc2)CC1. The summed E-state index contributed by atoms with van der Waals surface area (Å²) < 4.78 is 2.11. The highest BCUT2D eigenvalue weighted by Gasteiger charge is 2.25. The van der Waals surface area contributed by atoms with Gasteiger partial charge in [-0.25, -0.2) is 9.97 Å². The van der Waals surface area contributed by atoms with Crippen molar-refractivity contribution < 1.29 is 4.79 Å². The van der Waals surface area contributed by atoms with Crippen LogP contribution < -0.4 is 5.32 Å². The summed E-state index contributed by atoms with van der Waals surface area (Å²) in [5, 5.41) is 2.98. The third-order valence-corrected chi connectivity index (χ3v) is 4.66. The van der Waals surface area contributed by atoms with Crippen molar-refractivity contribution in [2.24, 2.45) is 5.92 Å². The second kappa shape index (κ2) is 8.06. The van der Waals surface area contributed by atoms with E-state index < -0.39 is 0 Å². The largest absolute Gasteiger partial charge is 0.337 e. The molecule has 1 aliphatic rings. The van der Waals surface area contributed by atoms with Gasteiger partial charge < -0.3 is 14.8 Å². The molecule has 0 radical (unpaired) electrons. The second-order valence-corrected chi connectivity index (χ2v) is 6.43. The second-order valence-electron chi connectivity index (χ2n) is 6.43. The number of rotatable bonds is 6. The molecule has 1 aliphatic heterocycles. The fourth-order valence-corrected chi connectivity index (χ4v) is 3.15. The minimum absolute atomic E-state index is 0.0938. The molecule has 24 heavy (non-hydrogen) atoms. The minimum atomic E-state index is 0.0938. The van der Waals surface area contributed by atoms with Gasteiger partial charge in [-0.05, 0) is 57.5 Å². The van der Waals surface area contributed by atoms with Gasteiger partial charge in [0.1, 0.15) is 5.82 Å². The lowest BCUT2D eigenvalue weighted by Crippen LogP contribution is -2.38. The van der Waals surface area contributed by atoms with Crippen molar-refractivity contribution >= 4 is 11.7 Å². The number of pyridine rings is 1. The zero-order valence-corrected chi connectivity index (χ0v) is 14.2. The Hall–Kier alpha value is -2.21. The molecule has 0 aliphatic carbocycles. The van der Waals surface area contributed by atoms with E-state index in [1.54, 1.807) is 6.20 Å². The van der Waals surface area contributed by atoms with E-state index in [-0.39, 0.29) is 11.8 Å². The molecule has 1 fully saturated rings. The van der Waals surface area contributed by atoms with Crippen LogP contribution in [0.5, 0.6) is 0 Å². The number of carbonyl (C=O) groups is 1. The maximum absolute atomic E-state index is 12.4. The summed E-state index contributed by atoms with van der Waals surface area (Å²) >= 11 is 0. The summed E-state index contributed by atoms with van der Waals surface area (Å²) in [5.74, 6) is 0.886. The highest BCUT2D eigenvalue weighted by Crippen LogP contribution is 2.20. The summed E-state index contributed by atoms with van der Waals surface area (Å²) in [6.45, 7) is 6.02. The molecule has 0 aromatic carbocycles. The number of imidazole rings is 1. The molecule has 0 saturated carbocycles. The molecule has 3 heterocycles. The lowest BCUT2D eigenvalue weighted by Gasteiger charge is -2.31. The van der Waals surface area contributed by atoms with Crippen molar-refractivity contribution in [2.45, 2.75) is 32.7 Å². The molecule has 128 valence electrons. The first-order chi connectivity index (χ1) is 11.7. The van der Waals surface area contributed by atoms with E-state index in [1.807, 2.05) is 37.8 Å². The van der Waals surface area contributed by atoms with Crippen LogP contribution >= 0.6 is 0 Å². The number of amides is 1. The van der Waals surface area contributed by atoms with Crippen LogP contribution in [0, 0.1) is 12.8 Å². The van der Waals surface area contributed by atoms with Crippen molar-refractivity contribution in [2.75, 3.05) is 25.0 Å². The number of hydrogen-bond donors (Lipinski definition) is 1. The average molecular weight is 327 g/mol. The lowest BCUT2D eigenvalue weighted by molar-refractivity contribution is -0.121. The number of anilines is 1. The van der Waals surface area contributed by atoms with Crippen molar-refractivity contribution in [1.29, 1.82) is 0 Å². The smallest absolute Gasteiger partial charge is 0.228 e. The first-order valence-electron chi connectivity index (χ1n) is 8.63. The first-order valence-corrected chi connectivity index (χ1v) is 8.63. The number of nitrogens with one attached hydrogen (secondary N) is 1. The fraction of sp³-hybridized carbons (Fsp3) is 0.500. The summed E-state index contributed by atoms with van der Waals surface area (Å²) in [4.78, 5) is 23.2. The highest BCUT2D eigenvalue weighted by molar-refractivity contribution is 5.92. The van der Waals surface area contributed by atoms with E-state index in [4.69, 9.17) is 0 Å². The van der Waals surface area contributed by atoms with Crippen LogP contribution in [0.3, 0.4) is 0 Å². The fourth-order valence-electron chi connectivity index (χ4n) is 3.15. The van der Waals surface area contributed by atoms with Crippen LogP contribution in [0.2, 0.25) is 0 Å². The molecule has 3 rings (SSSR count). The number of nitrogens with zero attached hydrogens (tertiary/aromatic N) is 4. The Morgan fingerprint density at radius 2 is 2.12 bits per heavy atom. The Bertz CT molecular complexity index is 647. The van der Waals surface area contributed by atoms with E-state index in [9.17, 15) is 4.79 Å². The highest BCUT2D eigenvalue weighted by atomic mass is 16.1. The molecule has 6 heteroatoms. The predicted octanol–water partition coefficient (Wildman–Crippen LogP) is 2.33. The summed E-state index contributed by atoms with van der Waals surface area (Å²) in [7, 11) is 0. The Balaban J connectivity index is 1.40. The van der Waals surface area contributed by atoms with Gasteiger partial charge in [0.15, 0.2) is 0 Å². The van der Waals surface area contributed by atoms with Crippen LogP contribution in [-0.4, -0.2) is 45.0 Å². The molecule has 1 N–H and O–H groups in total. The molecule has 2 aromatic rings. The van der Waals surface area contributed by atoms with Crippen LogP contribution in [-0.2, 0) is 11.3 Å². The summed E-state index contributed by atoms with van der Waals surface area (Å²) in [5.41, 5.74) is 1.00. The Labute approximate surface area is 142 Å². The van der Waals surface area contributed by atoms with Gasteiger partial charge in [-0.15, -0.1) is 0 Å². The van der Waals surface area contributed by atoms with Gasteiger partial charge in [0.2, 0.25) is 5.91 Å². The van der Waals surface area contributed by atoms with Gasteiger partial charge in [-0.1, -0.05) is 6.07 Å². The van der Waals surface area contributed by atoms with Crippen LogP contribution in [0.1, 0.15) is 24.8 Å². The Kier molecular flexibility index (Phi) is 5.59. The van der Waals surface area contributed by atoms with Crippen molar-refractivity contribution in [3.63, 3.8) is 0 Å². The van der Waals surface area contributed by atoms with E-state index in [0.29, 0.717) is 5.82 Å². The maximum atomic E-state index is 12.4. The number of hydrogen-bond acceptors (Lipinski definition) is 4. The molecule has 0 unspecified atom stereocenters. The van der Waals surface area contributed by atoms with E-state index in [1.165, 1.54) is 0 Å². The summed E-state index contributed by atoms with van der Waals surface area (Å²) in [6.07, 6.45) is 10.3. The molecule has 2 aromatic heterocycles. The molecule has 1 amide bonds. The van der Waals surface area contributed by atoms with Crippen molar-refractivity contribution in [1.82, 2.24) is 19.4 Å². The van der Waals surface area contributed by atoms with Gasteiger partial charge in [0, 0.05) is 31.1 Å². The zero-order valence-electron chi connectivity index (χ0n) is 14.2. The van der Waals surface area contributed by atoms with E-state index in [2.05, 4.69) is 24.8 Å². The predicted molar refractivity (Wildman–Crippen MR) is 93.6 cm³/mol. The quantitative estimate of drug-likeness (QED) is 0.884. The number of piperidine rings is 1. The third kappa shape index (κ3) is 4.41. The normalized spacial score (nSPS) is 16.2. The Morgan fingerprint density at radius 1 is 1.29 bits per heavy atom. The Morgan fingerprint density at radius 3 is 2.83 bits per heavy atom. The molecule has 0 atom stereocenters. The van der Waals surface area contributed by atoms with Crippen LogP contribution in [0.25, 0.3) is 0 Å². The first kappa shape index (κ1) is 16.6.